The lowest BCUT2D eigenvalue weighted by Gasteiger charge is -2.29. The smallest absolute Gasteiger partial charge is 0.273 e. The third-order valence-corrected chi connectivity index (χ3v) is 5.18. The summed E-state index contributed by atoms with van der Waals surface area (Å²) in [4.78, 5) is 21.4. The average Bonchev–Trinajstić information content (AvgIpc) is 2.89. The molecular weight excluding hydrogens is 338 g/mol. The van der Waals surface area contributed by atoms with E-state index in [2.05, 4.69) is 22.9 Å². The lowest BCUT2D eigenvalue weighted by atomic mass is 10.1. The molecule has 1 aromatic carbocycles. The van der Waals surface area contributed by atoms with Crippen LogP contribution in [0.15, 0.2) is 36.5 Å². The summed E-state index contributed by atoms with van der Waals surface area (Å²) in [7, 11) is 0. The maximum atomic E-state index is 12.8. The first-order valence-electron chi connectivity index (χ1n) is 8.51. The number of anilines is 1. The molecule has 1 unspecified atom stereocenters. The van der Waals surface area contributed by atoms with Crippen molar-refractivity contribution >= 4 is 23.2 Å². The van der Waals surface area contributed by atoms with Gasteiger partial charge in [0.05, 0.1) is 31.1 Å². The van der Waals surface area contributed by atoms with Crippen molar-refractivity contribution in [2.24, 2.45) is 0 Å². The largest absolute Gasteiger partial charge is 0.378 e. The van der Waals surface area contributed by atoms with E-state index < -0.39 is 0 Å². The van der Waals surface area contributed by atoms with Crippen molar-refractivity contribution in [3.63, 3.8) is 0 Å². The van der Waals surface area contributed by atoms with Crippen LogP contribution in [0.4, 0.5) is 5.69 Å². The first-order chi connectivity index (χ1) is 12.1. The minimum atomic E-state index is -0.00835. The van der Waals surface area contributed by atoms with Crippen LogP contribution in [-0.4, -0.2) is 42.1 Å². The summed E-state index contributed by atoms with van der Waals surface area (Å²) in [5.74, 6) is -0.00835. The van der Waals surface area contributed by atoms with Crippen molar-refractivity contribution in [1.29, 1.82) is 0 Å². The van der Waals surface area contributed by atoms with E-state index in [9.17, 15) is 4.79 Å². The van der Waals surface area contributed by atoms with Gasteiger partial charge in [0.25, 0.3) is 5.91 Å². The molecule has 3 heterocycles. The Morgan fingerprint density at radius 2 is 1.96 bits per heavy atom. The number of benzene rings is 1. The molecule has 2 aliphatic rings. The van der Waals surface area contributed by atoms with Crippen LogP contribution in [0.5, 0.6) is 0 Å². The number of hydrogen-bond donors (Lipinski definition) is 0. The fourth-order valence-corrected chi connectivity index (χ4v) is 3.56. The predicted octanol–water partition coefficient (Wildman–Crippen LogP) is 3.29. The van der Waals surface area contributed by atoms with Gasteiger partial charge < -0.3 is 14.5 Å². The highest BCUT2D eigenvalue weighted by atomic mass is 35.5. The van der Waals surface area contributed by atoms with Gasteiger partial charge in [-0.2, -0.15) is 0 Å². The second kappa shape index (κ2) is 6.65. The van der Waals surface area contributed by atoms with Crippen LogP contribution < -0.4 is 4.90 Å². The molecule has 6 heteroatoms. The van der Waals surface area contributed by atoms with Crippen molar-refractivity contribution < 1.29 is 9.53 Å². The van der Waals surface area contributed by atoms with Gasteiger partial charge >= 0.3 is 0 Å². The molecule has 0 saturated carbocycles. The summed E-state index contributed by atoms with van der Waals surface area (Å²) in [6.45, 7) is 5.79. The third kappa shape index (κ3) is 3.10. The number of ether oxygens (including phenoxy) is 1. The maximum Gasteiger partial charge on any atom is 0.273 e. The lowest BCUT2D eigenvalue weighted by molar-refractivity contribution is 0.0719. The number of amides is 1. The first kappa shape index (κ1) is 16.4. The molecule has 1 fully saturated rings. The third-order valence-electron chi connectivity index (χ3n) is 4.93. The van der Waals surface area contributed by atoms with Gasteiger partial charge in [0.2, 0.25) is 0 Å². The molecule has 0 aliphatic carbocycles. The number of aromatic nitrogens is 1. The summed E-state index contributed by atoms with van der Waals surface area (Å²) in [5, 5.41) is 0.699. The molecule has 4 rings (SSSR count). The maximum absolute atomic E-state index is 12.8. The van der Waals surface area contributed by atoms with Crippen LogP contribution in [0.2, 0.25) is 5.02 Å². The van der Waals surface area contributed by atoms with Crippen molar-refractivity contribution in [3.8, 4) is 0 Å². The van der Waals surface area contributed by atoms with E-state index in [-0.39, 0.29) is 11.9 Å². The normalized spacial score (nSPS) is 20.1. The number of carbonyl (C=O) groups excluding carboxylic acids is 1. The number of nitrogens with zero attached hydrogens (tertiary/aromatic N) is 3. The van der Waals surface area contributed by atoms with Crippen LogP contribution in [0.25, 0.3) is 0 Å². The summed E-state index contributed by atoms with van der Waals surface area (Å²) >= 11 is 5.95. The van der Waals surface area contributed by atoms with Crippen molar-refractivity contribution in [2.75, 3.05) is 31.2 Å². The summed E-state index contributed by atoms with van der Waals surface area (Å²) in [6.07, 6.45) is 1.81. The highest BCUT2D eigenvalue weighted by molar-refractivity contribution is 6.30. The molecule has 0 radical (unpaired) electrons. The Balaban J connectivity index is 1.58. The van der Waals surface area contributed by atoms with Gasteiger partial charge in [0, 0.05) is 30.2 Å². The molecule has 0 N–H and O–H groups in total. The molecular formula is C19H20ClN3O2. The molecule has 0 bridgehead atoms. The Labute approximate surface area is 152 Å². The first-order valence-corrected chi connectivity index (χ1v) is 8.89. The zero-order valence-corrected chi connectivity index (χ0v) is 14.9. The van der Waals surface area contributed by atoms with E-state index in [0.29, 0.717) is 17.3 Å². The van der Waals surface area contributed by atoms with Crippen LogP contribution in [0.1, 0.15) is 34.6 Å². The number of fused-ring (bicyclic) bond motifs is 1. The minimum absolute atomic E-state index is 0.00617. The van der Waals surface area contributed by atoms with Crippen LogP contribution >= 0.6 is 11.6 Å². The molecule has 130 valence electrons. The molecule has 1 aromatic heterocycles. The fraction of sp³-hybridized carbons (Fsp3) is 0.368. The van der Waals surface area contributed by atoms with Crippen molar-refractivity contribution in [2.45, 2.75) is 19.5 Å². The fourth-order valence-electron chi connectivity index (χ4n) is 3.44. The van der Waals surface area contributed by atoms with E-state index in [1.165, 1.54) is 0 Å². The predicted molar refractivity (Wildman–Crippen MR) is 97.0 cm³/mol. The Hall–Kier alpha value is -2.11. The second-order valence-corrected chi connectivity index (χ2v) is 6.90. The molecule has 1 amide bonds. The standard InChI is InChI=1S/C19H20ClN3O2/c1-13-17-10-16(22-6-8-25-9-7-22)11-21-18(17)19(24)23(13)12-14-2-4-15(20)5-3-14/h2-5,10-11,13H,6-9,12H2,1H3. The molecule has 1 saturated heterocycles. The number of morpholine rings is 1. The van der Waals surface area contributed by atoms with E-state index in [0.717, 1.165) is 43.1 Å². The van der Waals surface area contributed by atoms with Crippen LogP contribution in [-0.2, 0) is 11.3 Å². The highest BCUT2D eigenvalue weighted by Crippen LogP contribution is 2.35. The summed E-state index contributed by atoms with van der Waals surface area (Å²) in [6, 6.07) is 9.73. The van der Waals surface area contributed by atoms with Gasteiger partial charge in [-0.1, -0.05) is 23.7 Å². The van der Waals surface area contributed by atoms with Crippen molar-refractivity contribution in [1.82, 2.24) is 9.88 Å². The van der Waals surface area contributed by atoms with Gasteiger partial charge in [0.1, 0.15) is 5.69 Å². The lowest BCUT2D eigenvalue weighted by Crippen LogP contribution is -2.36. The summed E-state index contributed by atoms with van der Waals surface area (Å²) < 4.78 is 5.41. The highest BCUT2D eigenvalue weighted by Gasteiger charge is 2.35. The quantitative estimate of drug-likeness (QED) is 0.845. The molecule has 2 aliphatic heterocycles. The Bertz CT molecular complexity index is 788. The SMILES string of the molecule is CC1c2cc(N3CCOCC3)cnc2C(=O)N1Cc1ccc(Cl)cc1. The van der Waals surface area contributed by atoms with Gasteiger partial charge in [-0.05, 0) is 30.7 Å². The average molecular weight is 358 g/mol. The summed E-state index contributed by atoms with van der Waals surface area (Å²) in [5.41, 5.74) is 3.70. The monoisotopic (exact) mass is 357 g/mol. The molecule has 0 spiro atoms. The van der Waals surface area contributed by atoms with E-state index in [1.54, 1.807) is 6.20 Å². The molecule has 1 atom stereocenters. The number of pyridine rings is 1. The Kier molecular flexibility index (Phi) is 4.36. The number of hydrogen-bond acceptors (Lipinski definition) is 4. The van der Waals surface area contributed by atoms with Gasteiger partial charge in [-0.3, -0.25) is 4.79 Å². The molecule has 2 aromatic rings. The van der Waals surface area contributed by atoms with Crippen molar-refractivity contribution in [3.05, 3.63) is 58.4 Å². The van der Waals surface area contributed by atoms with Gasteiger partial charge in [-0.25, -0.2) is 4.98 Å². The van der Waals surface area contributed by atoms with E-state index in [4.69, 9.17) is 16.3 Å². The second-order valence-electron chi connectivity index (χ2n) is 6.47. The zero-order chi connectivity index (χ0) is 17.4. The molecule has 25 heavy (non-hydrogen) atoms. The zero-order valence-electron chi connectivity index (χ0n) is 14.1. The topological polar surface area (TPSA) is 45.7 Å². The van der Waals surface area contributed by atoms with Crippen LogP contribution in [0.3, 0.4) is 0 Å². The van der Waals surface area contributed by atoms with E-state index in [1.807, 2.05) is 29.2 Å². The minimum Gasteiger partial charge on any atom is -0.378 e. The van der Waals surface area contributed by atoms with Gasteiger partial charge in [-0.15, -0.1) is 0 Å². The number of carbonyl (C=O) groups is 1. The van der Waals surface area contributed by atoms with Gasteiger partial charge in [0.15, 0.2) is 0 Å². The number of halogens is 1. The van der Waals surface area contributed by atoms with Crippen LogP contribution in [0, 0.1) is 0 Å². The van der Waals surface area contributed by atoms with E-state index >= 15 is 0 Å². The Morgan fingerprint density at radius 3 is 2.68 bits per heavy atom. The number of rotatable bonds is 3. The Morgan fingerprint density at radius 1 is 1.24 bits per heavy atom. The molecule has 5 nitrogen and oxygen atoms in total.